The summed E-state index contributed by atoms with van der Waals surface area (Å²) in [6.45, 7) is 7.14. The van der Waals surface area contributed by atoms with Crippen LogP contribution in [0.25, 0.3) is 0 Å². The van der Waals surface area contributed by atoms with Crippen LogP contribution in [0.1, 0.15) is 40.5 Å². The number of thioether (sulfide) groups is 1. The molecule has 7 heteroatoms. The Balaban J connectivity index is 1.90. The first-order valence-electron chi connectivity index (χ1n) is 7.08. The molecule has 2 amide bonds. The summed E-state index contributed by atoms with van der Waals surface area (Å²) in [5, 5.41) is 2.58. The number of nitrogens with one attached hydrogen (secondary N) is 1. The van der Waals surface area contributed by atoms with Crippen molar-refractivity contribution in [3.8, 4) is 0 Å². The zero-order valence-corrected chi connectivity index (χ0v) is 13.7. The summed E-state index contributed by atoms with van der Waals surface area (Å²) in [4.78, 5) is 37.2. The summed E-state index contributed by atoms with van der Waals surface area (Å²) in [7, 11) is 0. The molecule has 2 aliphatic heterocycles. The molecular formula is C14H22N2O4S. The van der Waals surface area contributed by atoms with E-state index in [0.717, 1.165) is 6.42 Å². The van der Waals surface area contributed by atoms with Gasteiger partial charge in [0.05, 0.1) is 4.87 Å². The SMILES string of the molecule is CC(C)(C)OC(=O)CNC(=O)[C@@H]1CS[C@@]2(C)CCC(=O)N12. The van der Waals surface area contributed by atoms with Crippen LogP contribution in [0.15, 0.2) is 0 Å². The Bertz CT molecular complexity index is 474. The Hall–Kier alpha value is -1.24. The van der Waals surface area contributed by atoms with Gasteiger partial charge in [-0.1, -0.05) is 0 Å². The average molecular weight is 314 g/mol. The summed E-state index contributed by atoms with van der Waals surface area (Å²) in [6, 6.07) is -0.488. The van der Waals surface area contributed by atoms with Crippen LogP contribution in [-0.2, 0) is 19.1 Å². The quantitative estimate of drug-likeness (QED) is 0.783. The Labute approximate surface area is 129 Å². The van der Waals surface area contributed by atoms with Crippen molar-refractivity contribution in [2.24, 2.45) is 0 Å². The van der Waals surface area contributed by atoms with Crippen LogP contribution in [0.3, 0.4) is 0 Å². The van der Waals surface area contributed by atoms with Gasteiger partial charge in [-0.05, 0) is 34.1 Å². The first-order chi connectivity index (χ1) is 9.62. The number of amides is 2. The first-order valence-corrected chi connectivity index (χ1v) is 8.07. The molecule has 1 N–H and O–H groups in total. The topological polar surface area (TPSA) is 75.7 Å². The van der Waals surface area contributed by atoms with Gasteiger partial charge in [-0.25, -0.2) is 0 Å². The summed E-state index contributed by atoms with van der Waals surface area (Å²) in [6.07, 6.45) is 1.26. The second kappa shape index (κ2) is 5.51. The molecule has 2 saturated heterocycles. The molecule has 0 aromatic carbocycles. The van der Waals surface area contributed by atoms with Crippen LogP contribution in [0.2, 0.25) is 0 Å². The monoisotopic (exact) mass is 314 g/mol. The van der Waals surface area contributed by atoms with Crippen molar-refractivity contribution in [3.63, 3.8) is 0 Å². The van der Waals surface area contributed by atoms with E-state index in [1.807, 2.05) is 6.92 Å². The number of esters is 1. The largest absolute Gasteiger partial charge is 0.459 e. The predicted molar refractivity (Wildman–Crippen MR) is 79.6 cm³/mol. The number of hydrogen-bond acceptors (Lipinski definition) is 5. The molecule has 0 radical (unpaired) electrons. The molecule has 2 fully saturated rings. The van der Waals surface area contributed by atoms with Crippen molar-refractivity contribution in [3.05, 3.63) is 0 Å². The fourth-order valence-electron chi connectivity index (χ4n) is 2.67. The third-order valence-corrected chi connectivity index (χ3v) is 5.08. The van der Waals surface area contributed by atoms with Gasteiger partial charge < -0.3 is 15.0 Å². The Kier molecular flexibility index (Phi) is 4.24. The highest BCUT2D eigenvalue weighted by Gasteiger charge is 2.52. The summed E-state index contributed by atoms with van der Waals surface area (Å²) in [5.41, 5.74) is -0.575. The van der Waals surface area contributed by atoms with Gasteiger partial charge in [-0.2, -0.15) is 0 Å². The van der Waals surface area contributed by atoms with E-state index in [4.69, 9.17) is 4.74 Å². The maximum absolute atomic E-state index is 12.2. The Morgan fingerprint density at radius 3 is 2.76 bits per heavy atom. The average Bonchev–Trinajstić information content (AvgIpc) is 2.82. The van der Waals surface area contributed by atoms with Gasteiger partial charge in [0, 0.05) is 12.2 Å². The predicted octanol–water partition coefficient (Wildman–Crippen LogP) is 0.898. The number of hydrogen-bond donors (Lipinski definition) is 1. The van der Waals surface area contributed by atoms with Gasteiger partial charge in [0.15, 0.2) is 0 Å². The number of nitrogens with zero attached hydrogens (tertiary/aromatic N) is 1. The van der Waals surface area contributed by atoms with Gasteiger partial charge >= 0.3 is 5.97 Å². The van der Waals surface area contributed by atoms with Crippen LogP contribution in [0.5, 0.6) is 0 Å². The minimum absolute atomic E-state index is 0.0138. The Morgan fingerprint density at radius 2 is 2.14 bits per heavy atom. The van der Waals surface area contributed by atoms with Gasteiger partial charge in [0.2, 0.25) is 11.8 Å². The number of carbonyl (C=O) groups is 3. The fraction of sp³-hybridized carbons (Fsp3) is 0.786. The van der Waals surface area contributed by atoms with Gasteiger partial charge in [0.25, 0.3) is 0 Å². The number of fused-ring (bicyclic) bond motifs is 1. The third kappa shape index (κ3) is 3.51. The maximum Gasteiger partial charge on any atom is 0.325 e. The molecule has 0 aromatic rings. The fourth-order valence-corrected chi connectivity index (χ4v) is 4.10. The van der Waals surface area contributed by atoms with Crippen molar-refractivity contribution >= 4 is 29.5 Å². The van der Waals surface area contributed by atoms with E-state index < -0.39 is 17.6 Å². The zero-order chi connectivity index (χ0) is 15.8. The molecule has 0 unspecified atom stereocenters. The number of ether oxygens (including phenoxy) is 1. The van der Waals surface area contributed by atoms with Crippen molar-refractivity contribution in [1.29, 1.82) is 0 Å². The maximum atomic E-state index is 12.2. The molecule has 21 heavy (non-hydrogen) atoms. The van der Waals surface area contributed by atoms with Crippen LogP contribution in [0.4, 0.5) is 0 Å². The summed E-state index contributed by atoms with van der Waals surface area (Å²) in [5.74, 6) is -0.174. The lowest BCUT2D eigenvalue weighted by Gasteiger charge is -2.29. The van der Waals surface area contributed by atoms with Crippen LogP contribution < -0.4 is 5.32 Å². The van der Waals surface area contributed by atoms with E-state index in [1.165, 1.54) is 0 Å². The number of rotatable bonds is 3. The lowest BCUT2D eigenvalue weighted by Crippen LogP contribution is -2.51. The van der Waals surface area contributed by atoms with E-state index in [9.17, 15) is 14.4 Å². The lowest BCUT2D eigenvalue weighted by molar-refractivity contribution is -0.154. The molecule has 0 bridgehead atoms. The van der Waals surface area contributed by atoms with Crippen molar-refractivity contribution < 1.29 is 19.1 Å². The van der Waals surface area contributed by atoms with Gasteiger partial charge in [-0.15, -0.1) is 11.8 Å². The smallest absolute Gasteiger partial charge is 0.325 e. The van der Waals surface area contributed by atoms with Crippen LogP contribution in [0, 0.1) is 0 Å². The normalized spacial score (nSPS) is 28.5. The second-order valence-corrected chi connectivity index (χ2v) is 8.07. The molecule has 0 saturated carbocycles. The minimum atomic E-state index is -0.575. The standard InChI is InChI=1S/C14H22N2O4S/c1-13(2,3)20-11(18)7-15-12(19)9-8-21-14(4)6-5-10(17)16(9)14/h9H,5-8H2,1-4H3,(H,15,19)/t9-,14-/m0/s1. The highest BCUT2D eigenvalue weighted by molar-refractivity contribution is 8.01. The van der Waals surface area contributed by atoms with Crippen molar-refractivity contribution in [1.82, 2.24) is 10.2 Å². The molecular weight excluding hydrogens is 292 g/mol. The van der Waals surface area contributed by atoms with Gasteiger partial charge in [0.1, 0.15) is 18.2 Å². The first kappa shape index (κ1) is 16.1. The van der Waals surface area contributed by atoms with Gasteiger partial charge in [-0.3, -0.25) is 14.4 Å². The van der Waals surface area contributed by atoms with E-state index >= 15 is 0 Å². The summed E-state index contributed by atoms with van der Waals surface area (Å²) < 4.78 is 5.14. The molecule has 2 heterocycles. The second-order valence-electron chi connectivity index (χ2n) is 6.57. The van der Waals surface area contributed by atoms with Crippen molar-refractivity contribution in [2.75, 3.05) is 12.3 Å². The summed E-state index contributed by atoms with van der Waals surface area (Å²) >= 11 is 1.63. The van der Waals surface area contributed by atoms with E-state index in [2.05, 4.69) is 5.32 Å². The van der Waals surface area contributed by atoms with Crippen LogP contribution in [-0.4, -0.2) is 51.5 Å². The Morgan fingerprint density at radius 1 is 1.48 bits per heavy atom. The lowest BCUT2D eigenvalue weighted by atomic mass is 10.2. The molecule has 118 valence electrons. The molecule has 0 aromatic heterocycles. The molecule has 0 spiro atoms. The molecule has 0 aliphatic carbocycles. The molecule has 2 atom stereocenters. The van der Waals surface area contributed by atoms with E-state index in [-0.39, 0.29) is 23.2 Å². The number of carbonyl (C=O) groups excluding carboxylic acids is 3. The zero-order valence-electron chi connectivity index (χ0n) is 12.9. The third-order valence-electron chi connectivity index (χ3n) is 3.57. The highest BCUT2D eigenvalue weighted by Crippen LogP contribution is 2.47. The van der Waals surface area contributed by atoms with E-state index in [0.29, 0.717) is 12.2 Å². The molecule has 2 rings (SSSR count). The minimum Gasteiger partial charge on any atom is -0.459 e. The van der Waals surface area contributed by atoms with E-state index in [1.54, 1.807) is 37.4 Å². The van der Waals surface area contributed by atoms with Crippen LogP contribution >= 0.6 is 11.8 Å². The van der Waals surface area contributed by atoms with Crippen molar-refractivity contribution in [2.45, 2.75) is 57.1 Å². The molecule has 2 aliphatic rings. The molecule has 6 nitrogen and oxygen atoms in total. The highest BCUT2D eigenvalue weighted by atomic mass is 32.2.